The average molecular weight is 633 g/mol. The fourth-order valence-corrected chi connectivity index (χ4v) is 10.4. The number of carbonyl (C=O) groups is 2. The van der Waals surface area contributed by atoms with Crippen LogP contribution >= 0.6 is 0 Å². The highest BCUT2D eigenvalue weighted by molar-refractivity contribution is 5.73. The molecule has 0 aromatic carbocycles. The van der Waals surface area contributed by atoms with Gasteiger partial charge in [-0.3, -0.25) is 0 Å². The second-order valence-electron chi connectivity index (χ2n) is 14.9. The Hall–Kier alpha value is -1.38. The van der Waals surface area contributed by atoms with Crippen LogP contribution in [0, 0.1) is 46.3 Å². The smallest absolute Gasteiger partial charge is 0.0882 e. The van der Waals surface area contributed by atoms with Crippen molar-refractivity contribution < 1.29 is 52.3 Å². The molecular formula is C32H64N4O8. The summed E-state index contributed by atoms with van der Waals surface area (Å²) in [5.74, 6) is 2.76. The molecular weight excluding hydrogens is 568 g/mol. The molecule has 9 rings (SSSR count). The first kappa shape index (κ1) is 40.6. The van der Waals surface area contributed by atoms with Gasteiger partial charge in [0.1, 0.15) is 0 Å². The largest absolute Gasteiger partial charge is 0.550 e. The quantitative estimate of drug-likeness (QED) is 0.234. The molecule has 12 nitrogen and oxygen atoms in total. The van der Waals surface area contributed by atoms with Gasteiger partial charge in [-0.2, -0.15) is 0 Å². The van der Waals surface area contributed by atoms with Gasteiger partial charge in [0, 0.05) is 61.8 Å². The molecule has 0 aromatic rings. The van der Waals surface area contributed by atoms with E-state index in [1.54, 1.807) is 0 Å². The van der Waals surface area contributed by atoms with Crippen LogP contribution in [-0.2, 0) is 9.59 Å². The van der Waals surface area contributed by atoms with Crippen LogP contribution in [0.5, 0.6) is 0 Å². The number of hydrogen-bond donors (Lipinski definition) is 4. The van der Waals surface area contributed by atoms with E-state index in [4.69, 9.17) is 0 Å². The van der Waals surface area contributed by atoms with E-state index in [-0.39, 0.29) is 21.9 Å². The summed E-state index contributed by atoms with van der Waals surface area (Å²) in [6.45, 7) is 9.65. The zero-order chi connectivity index (χ0) is 28.0. The minimum Gasteiger partial charge on any atom is -0.550 e. The molecule has 8 aliphatic carbocycles. The second-order valence-corrected chi connectivity index (χ2v) is 14.9. The standard InChI is InChI=1S/2C11H16O2.C10H24N4.4H2O/c2*12-10(13)11-4-7-1-8(5-11)3-9(2-7)6-11;1-3-11-7-9-13-5-2-6-14-10-8-12-4-1;;;;/h2*7-9H,1-6H2,(H,12,13);11-14H,1-10H2;4*1H2. The van der Waals surface area contributed by atoms with Crippen LogP contribution in [0.15, 0.2) is 0 Å². The Morgan fingerprint density at radius 3 is 1.00 bits per heavy atom. The van der Waals surface area contributed by atoms with Gasteiger partial charge in [0.25, 0.3) is 0 Å². The van der Waals surface area contributed by atoms with E-state index < -0.39 is 22.8 Å². The Kier molecular flexibility index (Phi) is 17.3. The summed E-state index contributed by atoms with van der Waals surface area (Å²) in [5, 5.41) is 34.0. The van der Waals surface area contributed by atoms with Crippen molar-refractivity contribution in [2.24, 2.45) is 46.3 Å². The molecule has 0 unspecified atom stereocenters. The highest BCUT2D eigenvalue weighted by Crippen LogP contribution is 2.60. The number of hydrogen-bond acceptors (Lipinski definition) is 6. The second kappa shape index (κ2) is 18.7. The molecule has 0 amide bonds. The molecule has 0 atom stereocenters. The Morgan fingerprint density at radius 1 is 0.477 bits per heavy atom. The van der Waals surface area contributed by atoms with Crippen LogP contribution < -0.4 is 31.5 Å². The van der Waals surface area contributed by atoms with Crippen molar-refractivity contribution in [1.29, 1.82) is 0 Å². The average Bonchev–Trinajstić information content (AvgIpc) is 2.89. The number of nitrogens with two attached hydrogens (primary N) is 2. The van der Waals surface area contributed by atoms with Gasteiger partial charge in [0.2, 0.25) is 0 Å². The van der Waals surface area contributed by atoms with Gasteiger partial charge in [-0.25, -0.2) is 0 Å². The zero-order valence-electron chi connectivity index (χ0n) is 26.8. The number of carboxylic acids is 2. The maximum atomic E-state index is 11.1. The molecule has 1 saturated heterocycles. The van der Waals surface area contributed by atoms with E-state index in [2.05, 4.69) is 21.3 Å². The zero-order valence-corrected chi connectivity index (χ0v) is 26.8. The predicted molar refractivity (Wildman–Crippen MR) is 164 cm³/mol. The monoisotopic (exact) mass is 632 g/mol. The van der Waals surface area contributed by atoms with Crippen molar-refractivity contribution in [2.75, 3.05) is 52.4 Å². The molecule has 0 aromatic heterocycles. The molecule has 12 heteroatoms. The van der Waals surface area contributed by atoms with Gasteiger partial charge in [0.15, 0.2) is 0 Å². The van der Waals surface area contributed by atoms with Crippen molar-refractivity contribution in [2.45, 2.75) is 89.9 Å². The lowest BCUT2D eigenvalue weighted by Gasteiger charge is -2.57. The first-order valence-electron chi connectivity index (χ1n) is 16.8. The van der Waals surface area contributed by atoms with E-state index in [0.717, 1.165) is 51.6 Å². The number of carbonyl (C=O) groups excluding carboxylic acids is 2. The maximum Gasteiger partial charge on any atom is 0.0882 e. The lowest BCUT2D eigenvalue weighted by molar-refractivity contribution is -0.655. The Bertz CT molecular complexity index is 682. The Labute approximate surface area is 263 Å². The molecule has 1 aliphatic heterocycles. The molecule has 9 aliphatic rings. The van der Waals surface area contributed by atoms with Crippen molar-refractivity contribution in [3.8, 4) is 0 Å². The maximum absolute atomic E-state index is 11.1. The van der Waals surface area contributed by atoms with E-state index in [9.17, 15) is 19.8 Å². The Morgan fingerprint density at radius 2 is 0.750 bits per heavy atom. The molecule has 0 spiro atoms. The van der Waals surface area contributed by atoms with Crippen LogP contribution in [0.2, 0.25) is 0 Å². The fourth-order valence-electron chi connectivity index (χ4n) is 10.4. The predicted octanol–water partition coefficient (Wildman–Crippen LogP) is -4.31. The van der Waals surface area contributed by atoms with Gasteiger partial charge in [0.05, 0.1) is 26.2 Å². The highest BCUT2D eigenvalue weighted by Gasteiger charge is 2.52. The summed E-state index contributed by atoms with van der Waals surface area (Å²) >= 11 is 0. The molecule has 0 radical (unpaired) electrons. The third-order valence-corrected chi connectivity index (χ3v) is 11.5. The normalized spacial score (nSPS) is 38.6. The molecule has 9 fully saturated rings. The summed E-state index contributed by atoms with van der Waals surface area (Å²) in [5.41, 5.74) is -0.788. The molecule has 8 saturated carbocycles. The molecule has 1 heterocycles. The summed E-state index contributed by atoms with van der Waals surface area (Å²) in [4.78, 5) is 22.3. The molecule has 260 valence electrons. The third kappa shape index (κ3) is 10.3. The lowest BCUT2D eigenvalue weighted by Crippen LogP contribution is -2.87. The first-order chi connectivity index (χ1) is 19.4. The summed E-state index contributed by atoms with van der Waals surface area (Å²) in [6.07, 6.45) is 15.9. The molecule has 14 N–H and O–H groups in total. The first-order valence-corrected chi connectivity index (χ1v) is 16.8. The van der Waals surface area contributed by atoms with Crippen LogP contribution in [0.3, 0.4) is 0 Å². The number of rotatable bonds is 2. The van der Waals surface area contributed by atoms with E-state index >= 15 is 0 Å². The molecule has 44 heavy (non-hydrogen) atoms. The van der Waals surface area contributed by atoms with Crippen molar-refractivity contribution in [3.05, 3.63) is 0 Å². The van der Waals surface area contributed by atoms with Gasteiger partial charge in [-0.05, 0) is 113 Å². The van der Waals surface area contributed by atoms with Crippen molar-refractivity contribution in [3.63, 3.8) is 0 Å². The fraction of sp³-hybridized carbons (Fsp3) is 0.938. The summed E-state index contributed by atoms with van der Waals surface area (Å²) in [6, 6.07) is 0. The van der Waals surface area contributed by atoms with Crippen LogP contribution in [0.1, 0.15) is 89.9 Å². The number of quaternary nitrogens is 2. The number of nitrogens with one attached hydrogen (secondary N) is 2. The summed E-state index contributed by atoms with van der Waals surface area (Å²) in [7, 11) is 0. The van der Waals surface area contributed by atoms with Crippen molar-refractivity contribution in [1.82, 2.24) is 10.6 Å². The summed E-state index contributed by atoms with van der Waals surface area (Å²) < 4.78 is 0. The minimum atomic E-state index is -0.758. The van der Waals surface area contributed by atoms with Gasteiger partial charge in [-0.1, -0.05) is 0 Å². The van der Waals surface area contributed by atoms with Crippen molar-refractivity contribution >= 4 is 11.9 Å². The minimum absolute atomic E-state index is 0. The van der Waals surface area contributed by atoms with E-state index in [1.165, 1.54) is 90.6 Å². The van der Waals surface area contributed by atoms with Crippen LogP contribution in [0.4, 0.5) is 0 Å². The molecule has 8 bridgehead atoms. The van der Waals surface area contributed by atoms with Gasteiger partial charge >= 0.3 is 0 Å². The van der Waals surface area contributed by atoms with Gasteiger partial charge < -0.3 is 63.0 Å². The lowest BCUT2D eigenvalue weighted by atomic mass is 9.49. The number of carboxylic acid groups (broad SMARTS) is 2. The topological polar surface area (TPSA) is 264 Å². The number of aliphatic carboxylic acids is 2. The van der Waals surface area contributed by atoms with E-state index in [0.29, 0.717) is 35.5 Å². The van der Waals surface area contributed by atoms with Gasteiger partial charge in [-0.15, -0.1) is 0 Å². The van der Waals surface area contributed by atoms with E-state index in [1.807, 2.05) is 0 Å². The Balaban J connectivity index is 0.000000316. The SMILES string of the molecule is C1CNCC[NH2+]CCCNCC[NH2+]C1.O.O.O.O.O=C([O-])C12CC3CC(CC(C3)C1)C2.O=C([O-])C12CC3CC(CC(C3)C1)C2. The van der Waals surface area contributed by atoms with Crippen LogP contribution in [0.25, 0.3) is 0 Å². The highest BCUT2D eigenvalue weighted by atomic mass is 16.4. The van der Waals surface area contributed by atoms with Crippen LogP contribution in [-0.4, -0.2) is 86.2 Å². The third-order valence-electron chi connectivity index (χ3n) is 11.5.